The number of hydrogen-bond donors (Lipinski definition) is 0. The molecular weight excluding hydrogens is 409 g/mol. The van der Waals surface area contributed by atoms with Crippen LogP contribution in [0.25, 0.3) is 16.7 Å². The van der Waals surface area contributed by atoms with Crippen molar-refractivity contribution in [2.24, 2.45) is 0 Å². The van der Waals surface area contributed by atoms with Crippen LogP contribution in [0.3, 0.4) is 0 Å². The monoisotopic (exact) mass is 423 g/mol. The van der Waals surface area contributed by atoms with Crippen molar-refractivity contribution in [1.29, 1.82) is 0 Å². The average Bonchev–Trinajstić information content (AvgIpc) is 3.03. The first kappa shape index (κ1) is 18.3. The third-order valence-corrected chi connectivity index (χ3v) is 6.92. The van der Waals surface area contributed by atoms with Crippen LogP contribution < -0.4 is 0 Å². The predicted octanol–water partition coefficient (Wildman–Crippen LogP) is 3.20. The minimum Gasteiger partial charge on any atom is -0.335 e. The summed E-state index contributed by atoms with van der Waals surface area (Å²) < 4.78 is 25.1. The van der Waals surface area contributed by atoms with E-state index in [1.165, 1.54) is 0 Å². The molecule has 0 spiro atoms. The normalized spacial score (nSPS) is 16.6. The minimum absolute atomic E-state index is 0.0238. The first-order valence-electron chi connectivity index (χ1n) is 8.27. The number of nitrogens with zero attached hydrogens (tertiary/aromatic N) is 3. The molecule has 0 saturated carbocycles. The Kier molecular flexibility index (Phi) is 4.61. The Bertz CT molecular complexity index is 1140. The van der Waals surface area contributed by atoms with Gasteiger partial charge in [-0.05, 0) is 36.4 Å². The molecule has 3 aromatic rings. The average molecular weight is 424 g/mol. The number of fused-ring (bicyclic) bond motifs is 1. The molecule has 1 aliphatic rings. The third-order valence-electron chi connectivity index (χ3n) is 4.57. The zero-order valence-electron chi connectivity index (χ0n) is 14.1. The maximum atomic E-state index is 13.1. The molecule has 0 N–H and O–H groups in total. The predicted molar refractivity (Wildman–Crippen MR) is 106 cm³/mol. The fourth-order valence-corrected chi connectivity index (χ4v) is 4.65. The van der Waals surface area contributed by atoms with Crippen LogP contribution in [-0.2, 0) is 9.84 Å². The molecule has 27 heavy (non-hydrogen) atoms. The summed E-state index contributed by atoms with van der Waals surface area (Å²) in [7, 11) is -3.07. The Morgan fingerprint density at radius 1 is 1.04 bits per heavy atom. The SMILES string of the molecule is O=C(c1cc2cccnc2n1-c1ccc(Cl)c(Cl)c1)N1CCS(=O)(=O)CC1. The van der Waals surface area contributed by atoms with Crippen LogP contribution in [0, 0.1) is 0 Å². The largest absolute Gasteiger partial charge is 0.335 e. The van der Waals surface area contributed by atoms with Gasteiger partial charge in [0.2, 0.25) is 0 Å². The highest BCUT2D eigenvalue weighted by Gasteiger charge is 2.28. The second-order valence-electron chi connectivity index (χ2n) is 6.32. The Morgan fingerprint density at radius 2 is 1.78 bits per heavy atom. The van der Waals surface area contributed by atoms with Crippen LogP contribution in [0.2, 0.25) is 10.0 Å². The second-order valence-corrected chi connectivity index (χ2v) is 9.44. The highest BCUT2D eigenvalue weighted by molar-refractivity contribution is 7.91. The summed E-state index contributed by atoms with van der Waals surface area (Å²) >= 11 is 12.2. The number of sulfone groups is 1. The van der Waals surface area contributed by atoms with Crippen molar-refractivity contribution >= 4 is 50.0 Å². The fraction of sp³-hybridized carbons (Fsp3) is 0.222. The van der Waals surface area contributed by atoms with Crippen LogP contribution >= 0.6 is 23.2 Å². The molecule has 1 saturated heterocycles. The van der Waals surface area contributed by atoms with E-state index >= 15 is 0 Å². The first-order valence-corrected chi connectivity index (χ1v) is 10.8. The van der Waals surface area contributed by atoms with Crippen LogP contribution in [0.4, 0.5) is 0 Å². The molecule has 0 bridgehead atoms. The van der Waals surface area contributed by atoms with Gasteiger partial charge in [-0.3, -0.25) is 9.36 Å². The summed E-state index contributed by atoms with van der Waals surface area (Å²) in [5, 5.41) is 1.59. The van der Waals surface area contributed by atoms with E-state index in [9.17, 15) is 13.2 Å². The minimum atomic E-state index is -3.07. The summed E-state index contributed by atoms with van der Waals surface area (Å²) in [6.07, 6.45) is 1.65. The molecule has 6 nitrogen and oxygen atoms in total. The Balaban J connectivity index is 1.83. The second kappa shape index (κ2) is 6.82. The quantitative estimate of drug-likeness (QED) is 0.634. The van der Waals surface area contributed by atoms with Crippen molar-refractivity contribution in [1.82, 2.24) is 14.5 Å². The van der Waals surface area contributed by atoms with E-state index in [0.29, 0.717) is 27.1 Å². The van der Waals surface area contributed by atoms with Crippen molar-refractivity contribution in [3.63, 3.8) is 0 Å². The van der Waals surface area contributed by atoms with Gasteiger partial charge in [-0.1, -0.05) is 23.2 Å². The topological polar surface area (TPSA) is 72.3 Å². The molecule has 0 radical (unpaired) electrons. The molecular formula is C18H15Cl2N3O3S. The molecule has 0 unspecified atom stereocenters. The summed E-state index contributed by atoms with van der Waals surface area (Å²) in [6.45, 7) is 0.356. The van der Waals surface area contributed by atoms with Gasteiger partial charge in [-0.15, -0.1) is 0 Å². The van der Waals surface area contributed by atoms with Crippen molar-refractivity contribution in [3.05, 3.63) is 58.3 Å². The van der Waals surface area contributed by atoms with Crippen molar-refractivity contribution in [2.75, 3.05) is 24.6 Å². The number of hydrogen-bond acceptors (Lipinski definition) is 4. The van der Waals surface area contributed by atoms with Gasteiger partial charge < -0.3 is 4.90 Å². The maximum absolute atomic E-state index is 13.1. The van der Waals surface area contributed by atoms with E-state index in [1.54, 1.807) is 46.0 Å². The molecule has 4 rings (SSSR count). The zero-order chi connectivity index (χ0) is 19.2. The van der Waals surface area contributed by atoms with E-state index < -0.39 is 9.84 Å². The van der Waals surface area contributed by atoms with Crippen molar-refractivity contribution in [3.8, 4) is 5.69 Å². The molecule has 3 heterocycles. The number of aromatic nitrogens is 2. The Labute approximate surface area is 166 Å². The van der Waals surface area contributed by atoms with E-state index in [2.05, 4.69) is 4.98 Å². The van der Waals surface area contributed by atoms with Gasteiger partial charge in [0.15, 0.2) is 9.84 Å². The van der Waals surface area contributed by atoms with E-state index in [4.69, 9.17) is 23.2 Å². The molecule has 2 aromatic heterocycles. The van der Waals surface area contributed by atoms with E-state index in [0.717, 1.165) is 5.39 Å². The Morgan fingerprint density at radius 3 is 2.48 bits per heavy atom. The number of pyridine rings is 1. The van der Waals surface area contributed by atoms with Gasteiger partial charge in [0.05, 0.1) is 21.6 Å². The lowest BCUT2D eigenvalue weighted by atomic mass is 10.3. The van der Waals surface area contributed by atoms with Crippen LogP contribution in [0.5, 0.6) is 0 Å². The number of benzene rings is 1. The molecule has 9 heteroatoms. The number of carbonyl (C=O) groups is 1. The van der Waals surface area contributed by atoms with E-state index in [-0.39, 0.29) is 30.5 Å². The van der Waals surface area contributed by atoms with Crippen LogP contribution in [-0.4, -0.2) is 53.4 Å². The smallest absolute Gasteiger partial charge is 0.270 e. The molecule has 1 amide bonds. The van der Waals surface area contributed by atoms with Gasteiger partial charge in [-0.25, -0.2) is 13.4 Å². The van der Waals surface area contributed by atoms with Gasteiger partial charge in [0, 0.05) is 30.4 Å². The molecule has 1 fully saturated rings. The third kappa shape index (κ3) is 3.42. The molecule has 1 aliphatic heterocycles. The summed E-state index contributed by atoms with van der Waals surface area (Å²) in [6, 6.07) is 10.5. The van der Waals surface area contributed by atoms with E-state index in [1.807, 2.05) is 6.07 Å². The maximum Gasteiger partial charge on any atom is 0.270 e. The van der Waals surface area contributed by atoms with Gasteiger partial charge >= 0.3 is 0 Å². The number of carbonyl (C=O) groups excluding carboxylic acids is 1. The molecule has 0 atom stereocenters. The summed E-state index contributed by atoms with van der Waals surface area (Å²) in [5.74, 6) is -0.289. The summed E-state index contributed by atoms with van der Waals surface area (Å²) in [5.41, 5.74) is 1.68. The first-order chi connectivity index (χ1) is 12.9. The zero-order valence-corrected chi connectivity index (χ0v) is 16.4. The fourth-order valence-electron chi connectivity index (χ4n) is 3.16. The Hall–Kier alpha value is -2.09. The highest BCUT2D eigenvalue weighted by Crippen LogP contribution is 2.29. The lowest BCUT2D eigenvalue weighted by Gasteiger charge is -2.27. The van der Waals surface area contributed by atoms with Crippen molar-refractivity contribution in [2.45, 2.75) is 0 Å². The van der Waals surface area contributed by atoms with Gasteiger partial charge in [0.1, 0.15) is 11.3 Å². The lowest BCUT2D eigenvalue weighted by molar-refractivity contribution is 0.0762. The standard InChI is InChI=1S/C18H15Cl2N3O3S/c19-14-4-3-13(11-15(14)20)23-16(10-12-2-1-5-21-17(12)23)18(24)22-6-8-27(25,26)9-7-22/h1-5,10-11H,6-9H2. The summed E-state index contributed by atoms with van der Waals surface area (Å²) in [4.78, 5) is 19.1. The van der Waals surface area contributed by atoms with Crippen molar-refractivity contribution < 1.29 is 13.2 Å². The number of rotatable bonds is 2. The highest BCUT2D eigenvalue weighted by atomic mass is 35.5. The number of amides is 1. The van der Waals surface area contributed by atoms with Gasteiger partial charge in [-0.2, -0.15) is 0 Å². The molecule has 1 aromatic carbocycles. The van der Waals surface area contributed by atoms with Gasteiger partial charge in [0.25, 0.3) is 5.91 Å². The number of halogens is 2. The van der Waals surface area contributed by atoms with Crippen LogP contribution in [0.1, 0.15) is 10.5 Å². The van der Waals surface area contributed by atoms with Crippen LogP contribution in [0.15, 0.2) is 42.6 Å². The molecule has 140 valence electrons. The lowest BCUT2D eigenvalue weighted by Crippen LogP contribution is -2.44. The molecule has 0 aliphatic carbocycles.